The molecule has 2 heteroatoms. The predicted octanol–water partition coefficient (Wildman–Crippen LogP) is 4.24. The smallest absolute Gasteiger partial charge is 0.0325 e. The number of nitrogens with one attached hydrogen (secondary N) is 1. The first-order valence-electron chi connectivity index (χ1n) is 8.37. The second-order valence-electron chi connectivity index (χ2n) is 7.88. The molecule has 0 aromatic heterocycles. The maximum absolute atomic E-state index is 3.81. The standard InChI is InChI=1S/C19H32N2/c1-15(21(5)17-11-12-17)14-20-18(13-19(2,3)4)16-9-7-6-8-10-16/h6-10,15,17-18,20H,11-14H2,1-5H3. The number of hydrogen-bond acceptors (Lipinski definition) is 2. The van der Waals surface area contributed by atoms with Crippen LogP contribution in [0.25, 0.3) is 0 Å². The number of rotatable bonds is 7. The fourth-order valence-electron chi connectivity index (χ4n) is 2.90. The summed E-state index contributed by atoms with van der Waals surface area (Å²) in [6.45, 7) is 10.4. The molecule has 0 aliphatic heterocycles. The van der Waals surface area contributed by atoms with Gasteiger partial charge in [-0.3, -0.25) is 4.90 Å². The van der Waals surface area contributed by atoms with Crippen molar-refractivity contribution in [3.63, 3.8) is 0 Å². The fraction of sp³-hybridized carbons (Fsp3) is 0.684. The van der Waals surface area contributed by atoms with E-state index in [-0.39, 0.29) is 0 Å². The third-order valence-electron chi connectivity index (χ3n) is 4.50. The van der Waals surface area contributed by atoms with Gasteiger partial charge in [0.25, 0.3) is 0 Å². The Balaban J connectivity index is 1.95. The molecule has 1 aromatic rings. The number of hydrogen-bond donors (Lipinski definition) is 1. The Morgan fingerprint density at radius 3 is 2.33 bits per heavy atom. The van der Waals surface area contributed by atoms with E-state index in [0.717, 1.165) is 19.0 Å². The van der Waals surface area contributed by atoms with Gasteiger partial charge in [-0.05, 0) is 44.2 Å². The van der Waals surface area contributed by atoms with Crippen molar-refractivity contribution in [2.75, 3.05) is 13.6 Å². The molecule has 1 aliphatic carbocycles. The highest BCUT2D eigenvalue weighted by Gasteiger charge is 2.29. The molecule has 1 fully saturated rings. The van der Waals surface area contributed by atoms with Crippen molar-refractivity contribution in [2.24, 2.45) is 5.41 Å². The molecule has 21 heavy (non-hydrogen) atoms. The van der Waals surface area contributed by atoms with Gasteiger partial charge in [-0.1, -0.05) is 51.1 Å². The van der Waals surface area contributed by atoms with E-state index < -0.39 is 0 Å². The summed E-state index contributed by atoms with van der Waals surface area (Å²) in [4.78, 5) is 2.53. The van der Waals surface area contributed by atoms with Crippen LogP contribution in [0.4, 0.5) is 0 Å². The molecule has 118 valence electrons. The summed E-state index contributed by atoms with van der Waals surface area (Å²) in [6.07, 6.45) is 3.92. The zero-order valence-corrected chi connectivity index (χ0v) is 14.4. The van der Waals surface area contributed by atoms with E-state index in [4.69, 9.17) is 0 Å². The van der Waals surface area contributed by atoms with Crippen molar-refractivity contribution in [3.8, 4) is 0 Å². The Morgan fingerprint density at radius 1 is 1.19 bits per heavy atom. The molecule has 2 nitrogen and oxygen atoms in total. The summed E-state index contributed by atoms with van der Waals surface area (Å²) in [5.74, 6) is 0. The van der Waals surface area contributed by atoms with Gasteiger partial charge >= 0.3 is 0 Å². The van der Waals surface area contributed by atoms with E-state index in [0.29, 0.717) is 17.5 Å². The Kier molecular flexibility index (Phi) is 5.45. The third-order valence-corrected chi connectivity index (χ3v) is 4.50. The molecular formula is C19H32N2. The second-order valence-corrected chi connectivity index (χ2v) is 7.88. The Hall–Kier alpha value is -0.860. The van der Waals surface area contributed by atoms with Crippen LogP contribution in [-0.4, -0.2) is 30.6 Å². The summed E-state index contributed by atoms with van der Waals surface area (Å²) in [7, 11) is 2.27. The Labute approximate surface area is 130 Å². The van der Waals surface area contributed by atoms with E-state index in [1.54, 1.807) is 0 Å². The predicted molar refractivity (Wildman–Crippen MR) is 91.5 cm³/mol. The SMILES string of the molecule is CC(CNC(CC(C)(C)C)c1ccccc1)N(C)C1CC1. The summed E-state index contributed by atoms with van der Waals surface area (Å²) >= 11 is 0. The highest BCUT2D eigenvalue weighted by molar-refractivity contribution is 5.19. The summed E-state index contributed by atoms with van der Waals surface area (Å²) in [5, 5.41) is 3.81. The zero-order valence-electron chi connectivity index (χ0n) is 14.4. The maximum Gasteiger partial charge on any atom is 0.0325 e. The second kappa shape index (κ2) is 6.93. The average Bonchev–Trinajstić information content (AvgIpc) is 3.26. The highest BCUT2D eigenvalue weighted by atomic mass is 15.2. The van der Waals surface area contributed by atoms with Crippen molar-refractivity contribution in [3.05, 3.63) is 35.9 Å². The molecule has 0 saturated heterocycles. The van der Waals surface area contributed by atoms with Gasteiger partial charge in [-0.15, -0.1) is 0 Å². The minimum absolute atomic E-state index is 0.332. The van der Waals surface area contributed by atoms with E-state index >= 15 is 0 Å². The average molecular weight is 288 g/mol. The van der Waals surface area contributed by atoms with Crippen LogP contribution in [-0.2, 0) is 0 Å². The maximum atomic E-state index is 3.81. The largest absolute Gasteiger partial charge is 0.308 e. The fourth-order valence-corrected chi connectivity index (χ4v) is 2.90. The molecule has 2 atom stereocenters. The lowest BCUT2D eigenvalue weighted by atomic mass is 9.85. The number of nitrogens with zero attached hydrogens (tertiary/aromatic N) is 1. The van der Waals surface area contributed by atoms with Crippen LogP contribution < -0.4 is 5.32 Å². The molecule has 1 aliphatic rings. The molecule has 0 heterocycles. The van der Waals surface area contributed by atoms with Gasteiger partial charge in [0.1, 0.15) is 0 Å². The van der Waals surface area contributed by atoms with Crippen LogP contribution in [0.5, 0.6) is 0 Å². The van der Waals surface area contributed by atoms with Crippen LogP contribution in [0.2, 0.25) is 0 Å². The molecule has 2 unspecified atom stereocenters. The third kappa shape index (κ3) is 5.44. The first-order chi connectivity index (χ1) is 9.87. The quantitative estimate of drug-likeness (QED) is 0.807. The van der Waals surface area contributed by atoms with E-state index in [2.05, 4.69) is 75.3 Å². The molecule has 1 aromatic carbocycles. The van der Waals surface area contributed by atoms with Crippen LogP contribution in [0.3, 0.4) is 0 Å². The van der Waals surface area contributed by atoms with Gasteiger partial charge in [0.15, 0.2) is 0 Å². The van der Waals surface area contributed by atoms with Crippen LogP contribution in [0, 0.1) is 5.41 Å². The van der Waals surface area contributed by atoms with Gasteiger partial charge in [-0.25, -0.2) is 0 Å². The Morgan fingerprint density at radius 2 is 1.81 bits per heavy atom. The van der Waals surface area contributed by atoms with Crippen molar-refractivity contribution in [2.45, 2.75) is 65.1 Å². The molecule has 1 saturated carbocycles. The molecule has 2 rings (SSSR count). The van der Waals surface area contributed by atoms with Crippen molar-refractivity contribution >= 4 is 0 Å². The van der Waals surface area contributed by atoms with Gasteiger partial charge < -0.3 is 5.32 Å². The van der Waals surface area contributed by atoms with Crippen molar-refractivity contribution < 1.29 is 0 Å². The minimum Gasteiger partial charge on any atom is -0.308 e. The normalized spacial score (nSPS) is 18.8. The van der Waals surface area contributed by atoms with Crippen molar-refractivity contribution in [1.29, 1.82) is 0 Å². The van der Waals surface area contributed by atoms with Crippen LogP contribution >= 0.6 is 0 Å². The monoisotopic (exact) mass is 288 g/mol. The minimum atomic E-state index is 0.332. The lowest BCUT2D eigenvalue weighted by molar-refractivity contribution is 0.225. The molecule has 1 N–H and O–H groups in total. The van der Waals surface area contributed by atoms with Gasteiger partial charge in [0.2, 0.25) is 0 Å². The first kappa shape index (κ1) is 16.5. The molecule has 0 bridgehead atoms. The summed E-state index contributed by atoms with van der Waals surface area (Å²) in [6, 6.07) is 12.8. The van der Waals surface area contributed by atoms with Crippen LogP contribution in [0.15, 0.2) is 30.3 Å². The van der Waals surface area contributed by atoms with Crippen LogP contribution in [0.1, 0.15) is 58.6 Å². The van der Waals surface area contributed by atoms with Gasteiger partial charge in [-0.2, -0.15) is 0 Å². The van der Waals surface area contributed by atoms with E-state index in [1.807, 2.05) is 0 Å². The molecule has 0 amide bonds. The number of likely N-dealkylation sites (N-methyl/N-ethyl adjacent to an activating group) is 1. The molecular weight excluding hydrogens is 256 g/mol. The lowest BCUT2D eigenvalue weighted by Gasteiger charge is -2.31. The van der Waals surface area contributed by atoms with Crippen molar-refractivity contribution in [1.82, 2.24) is 10.2 Å². The lowest BCUT2D eigenvalue weighted by Crippen LogP contribution is -2.40. The summed E-state index contributed by atoms with van der Waals surface area (Å²) in [5.41, 5.74) is 1.74. The van der Waals surface area contributed by atoms with E-state index in [1.165, 1.54) is 18.4 Å². The Bertz CT molecular complexity index is 417. The summed E-state index contributed by atoms with van der Waals surface area (Å²) < 4.78 is 0. The van der Waals surface area contributed by atoms with Gasteiger partial charge in [0, 0.05) is 24.7 Å². The molecule has 0 spiro atoms. The molecule has 0 radical (unpaired) electrons. The van der Waals surface area contributed by atoms with E-state index in [9.17, 15) is 0 Å². The van der Waals surface area contributed by atoms with Gasteiger partial charge in [0.05, 0.1) is 0 Å². The first-order valence-corrected chi connectivity index (χ1v) is 8.37. The highest BCUT2D eigenvalue weighted by Crippen LogP contribution is 2.30. The number of benzene rings is 1. The topological polar surface area (TPSA) is 15.3 Å². The zero-order chi connectivity index (χ0) is 15.5.